The van der Waals surface area contributed by atoms with E-state index in [0.717, 1.165) is 17.1 Å². The van der Waals surface area contributed by atoms with E-state index in [2.05, 4.69) is 19.9 Å². The van der Waals surface area contributed by atoms with E-state index in [0.29, 0.717) is 10.9 Å². The number of aromatic nitrogens is 5. The Labute approximate surface area is 125 Å². The number of hydrogen-bond acceptors (Lipinski definition) is 4. The molecule has 22 heavy (non-hydrogen) atoms. The molecule has 106 valence electrons. The highest BCUT2D eigenvalue weighted by Crippen LogP contribution is 2.21. The molecule has 0 saturated heterocycles. The van der Waals surface area contributed by atoms with Crippen LogP contribution in [0.2, 0.25) is 0 Å². The van der Waals surface area contributed by atoms with Gasteiger partial charge in [0.05, 0.1) is 17.2 Å². The zero-order valence-electron chi connectivity index (χ0n) is 11.5. The van der Waals surface area contributed by atoms with E-state index >= 15 is 0 Å². The van der Waals surface area contributed by atoms with E-state index in [1.165, 1.54) is 6.33 Å². The van der Waals surface area contributed by atoms with Gasteiger partial charge in [0, 0.05) is 36.0 Å². The van der Waals surface area contributed by atoms with Crippen LogP contribution >= 0.6 is 0 Å². The van der Waals surface area contributed by atoms with Gasteiger partial charge in [0.2, 0.25) is 0 Å². The van der Waals surface area contributed by atoms with Gasteiger partial charge < -0.3 is 4.98 Å². The largest absolute Gasteiger partial charge is 0.313 e. The maximum Gasteiger partial charge on any atom is 0.258 e. The molecule has 0 bridgehead atoms. The molecular weight excluding hydrogens is 278 g/mol. The summed E-state index contributed by atoms with van der Waals surface area (Å²) in [6, 6.07) is 9.36. The van der Waals surface area contributed by atoms with E-state index in [1.807, 2.05) is 41.1 Å². The number of benzene rings is 1. The predicted octanol–water partition coefficient (Wildman–Crippen LogP) is 2.17. The number of hydrogen-bond donors (Lipinski definition) is 1. The molecule has 0 aliphatic carbocycles. The van der Waals surface area contributed by atoms with Crippen molar-refractivity contribution >= 4 is 10.9 Å². The third kappa shape index (κ3) is 1.98. The Bertz CT molecular complexity index is 1000. The van der Waals surface area contributed by atoms with Gasteiger partial charge in [-0.3, -0.25) is 14.3 Å². The molecule has 0 amide bonds. The molecule has 0 radical (unpaired) electrons. The lowest BCUT2D eigenvalue weighted by Gasteiger charge is -2.08. The van der Waals surface area contributed by atoms with Crippen LogP contribution in [0.5, 0.6) is 0 Å². The smallest absolute Gasteiger partial charge is 0.258 e. The summed E-state index contributed by atoms with van der Waals surface area (Å²) < 4.78 is 1.92. The summed E-state index contributed by atoms with van der Waals surface area (Å²) in [5, 5.41) is 0.547. The second-order valence-corrected chi connectivity index (χ2v) is 4.80. The molecule has 6 heteroatoms. The van der Waals surface area contributed by atoms with E-state index in [1.54, 1.807) is 18.6 Å². The average Bonchev–Trinajstić information content (AvgIpc) is 3.05. The normalized spacial score (nSPS) is 10.9. The zero-order chi connectivity index (χ0) is 14.9. The van der Waals surface area contributed by atoms with Crippen LogP contribution in [0, 0.1) is 0 Å². The average molecular weight is 289 g/mol. The Morgan fingerprint density at radius 3 is 2.91 bits per heavy atom. The van der Waals surface area contributed by atoms with Crippen molar-refractivity contribution < 1.29 is 0 Å². The number of aromatic amines is 1. The molecule has 0 aliphatic rings. The van der Waals surface area contributed by atoms with Gasteiger partial charge >= 0.3 is 0 Å². The molecule has 0 fully saturated rings. The standard InChI is InChI=1S/C16H11N5O/c22-16-13-8-12(3-4-14(13)19-10-20-16)21-7-6-18-15(21)11-2-1-5-17-9-11/h1-10H,(H,19,20,22). The molecular formula is C16H11N5O. The highest BCUT2D eigenvalue weighted by Gasteiger charge is 2.09. The number of imidazole rings is 1. The third-order valence-electron chi connectivity index (χ3n) is 3.46. The summed E-state index contributed by atoms with van der Waals surface area (Å²) in [5.41, 5.74) is 2.26. The van der Waals surface area contributed by atoms with Gasteiger partial charge in [-0.05, 0) is 30.3 Å². The number of rotatable bonds is 2. The lowest BCUT2D eigenvalue weighted by Crippen LogP contribution is -2.07. The topological polar surface area (TPSA) is 76.5 Å². The molecule has 0 saturated carbocycles. The maximum absolute atomic E-state index is 11.9. The fourth-order valence-electron chi connectivity index (χ4n) is 2.43. The summed E-state index contributed by atoms with van der Waals surface area (Å²) in [6.07, 6.45) is 8.46. The maximum atomic E-state index is 11.9. The summed E-state index contributed by atoms with van der Waals surface area (Å²) in [5.74, 6) is 0.771. The first-order valence-electron chi connectivity index (χ1n) is 6.74. The fourth-order valence-corrected chi connectivity index (χ4v) is 2.43. The summed E-state index contributed by atoms with van der Waals surface area (Å²) >= 11 is 0. The summed E-state index contributed by atoms with van der Waals surface area (Å²) in [6.45, 7) is 0. The van der Waals surface area contributed by atoms with Gasteiger partial charge in [0.15, 0.2) is 0 Å². The van der Waals surface area contributed by atoms with Crippen molar-refractivity contribution in [2.45, 2.75) is 0 Å². The summed E-state index contributed by atoms with van der Waals surface area (Å²) in [7, 11) is 0. The van der Waals surface area contributed by atoms with Gasteiger partial charge in [-0.25, -0.2) is 9.97 Å². The van der Waals surface area contributed by atoms with E-state index in [4.69, 9.17) is 0 Å². The Morgan fingerprint density at radius 1 is 1.09 bits per heavy atom. The van der Waals surface area contributed by atoms with Crippen LogP contribution in [0.3, 0.4) is 0 Å². The van der Waals surface area contributed by atoms with E-state index in [-0.39, 0.29) is 5.56 Å². The Morgan fingerprint density at radius 2 is 2.05 bits per heavy atom. The molecule has 4 rings (SSSR count). The van der Waals surface area contributed by atoms with Crippen molar-refractivity contribution in [1.29, 1.82) is 0 Å². The van der Waals surface area contributed by atoms with Crippen molar-refractivity contribution in [3.8, 4) is 17.1 Å². The van der Waals surface area contributed by atoms with Gasteiger partial charge in [0.25, 0.3) is 5.56 Å². The minimum Gasteiger partial charge on any atom is -0.313 e. The van der Waals surface area contributed by atoms with Crippen LogP contribution in [0.1, 0.15) is 0 Å². The molecule has 4 aromatic rings. The van der Waals surface area contributed by atoms with Crippen molar-refractivity contribution in [3.05, 3.63) is 71.8 Å². The van der Waals surface area contributed by atoms with Crippen LogP contribution < -0.4 is 5.56 Å². The number of fused-ring (bicyclic) bond motifs is 1. The van der Waals surface area contributed by atoms with Crippen molar-refractivity contribution in [3.63, 3.8) is 0 Å². The Hall–Kier alpha value is -3.28. The molecule has 1 aromatic carbocycles. The van der Waals surface area contributed by atoms with Crippen molar-refractivity contribution in [2.24, 2.45) is 0 Å². The molecule has 3 heterocycles. The van der Waals surface area contributed by atoms with Crippen molar-refractivity contribution in [2.75, 3.05) is 0 Å². The fraction of sp³-hybridized carbons (Fsp3) is 0. The quantitative estimate of drug-likeness (QED) is 0.613. The number of H-pyrrole nitrogens is 1. The minimum atomic E-state index is -0.158. The first-order chi connectivity index (χ1) is 10.8. The summed E-state index contributed by atoms with van der Waals surface area (Å²) in [4.78, 5) is 27.2. The second kappa shape index (κ2) is 4.92. The molecule has 1 N–H and O–H groups in total. The first-order valence-corrected chi connectivity index (χ1v) is 6.74. The molecule has 0 spiro atoms. The van der Waals surface area contributed by atoms with Gasteiger partial charge in [0.1, 0.15) is 5.82 Å². The molecule has 0 aliphatic heterocycles. The molecule has 0 atom stereocenters. The lowest BCUT2D eigenvalue weighted by molar-refractivity contribution is 1.06. The zero-order valence-corrected chi connectivity index (χ0v) is 11.5. The molecule has 6 nitrogen and oxygen atoms in total. The van der Waals surface area contributed by atoms with E-state index < -0.39 is 0 Å². The lowest BCUT2D eigenvalue weighted by atomic mass is 10.2. The number of nitrogens with zero attached hydrogens (tertiary/aromatic N) is 4. The monoisotopic (exact) mass is 289 g/mol. The Kier molecular flexibility index (Phi) is 2.79. The minimum absolute atomic E-state index is 0.158. The van der Waals surface area contributed by atoms with Gasteiger partial charge in [-0.1, -0.05) is 0 Å². The van der Waals surface area contributed by atoms with Crippen LogP contribution in [-0.2, 0) is 0 Å². The molecule has 0 unspecified atom stereocenters. The van der Waals surface area contributed by atoms with Gasteiger partial charge in [-0.2, -0.15) is 0 Å². The van der Waals surface area contributed by atoms with Gasteiger partial charge in [-0.15, -0.1) is 0 Å². The van der Waals surface area contributed by atoms with Crippen LogP contribution in [0.15, 0.2) is 66.2 Å². The highest BCUT2D eigenvalue weighted by molar-refractivity contribution is 5.80. The Balaban J connectivity index is 1.92. The van der Waals surface area contributed by atoms with Crippen LogP contribution in [-0.4, -0.2) is 24.5 Å². The van der Waals surface area contributed by atoms with Crippen LogP contribution in [0.4, 0.5) is 0 Å². The number of pyridine rings is 1. The first kappa shape index (κ1) is 12.5. The highest BCUT2D eigenvalue weighted by atomic mass is 16.1. The van der Waals surface area contributed by atoms with Crippen LogP contribution in [0.25, 0.3) is 28.0 Å². The second-order valence-electron chi connectivity index (χ2n) is 4.80. The number of nitrogens with one attached hydrogen (secondary N) is 1. The van der Waals surface area contributed by atoms with E-state index in [9.17, 15) is 4.79 Å². The SMILES string of the molecule is O=c1[nH]cnc2ccc(-n3ccnc3-c3cccnc3)cc12. The third-order valence-corrected chi connectivity index (χ3v) is 3.46. The molecule has 3 aromatic heterocycles. The predicted molar refractivity (Wildman–Crippen MR) is 82.7 cm³/mol. The van der Waals surface area contributed by atoms with Crippen molar-refractivity contribution in [1.82, 2.24) is 24.5 Å².